The number of hydrogen-bond acceptors (Lipinski definition) is 3. The van der Waals surface area contributed by atoms with Crippen LogP contribution < -0.4 is 15.7 Å². The van der Waals surface area contributed by atoms with Gasteiger partial charge < -0.3 is 13.8 Å². The molecule has 1 aliphatic carbocycles. The van der Waals surface area contributed by atoms with E-state index in [1.165, 1.54) is 121 Å². The standard InChI is InChI=1S/C55H41BN2OS/c1-30-27-38-39(55(4,5)26-25-54(38,2)3)29-42(30)58-41-23-24-46-47(36-16-9-11-20-45(36)60-46)48(41)49-50-43(28-37-33-15-8-10-19-44(33)59-53(37)49)57-51-32-14-7-6-13-31(32)21-22-35(51)34-17-12-18-40(52(34)57)56(50)58/h6-24,27-29H,25-26H2,1-5H3. The van der Waals surface area contributed by atoms with E-state index >= 15 is 0 Å². The van der Waals surface area contributed by atoms with Gasteiger partial charge in [-0.05, 0) is 100.0 Å². The summed E-state index contributed by atoms with van der Waals surface area (Å²) in [4.78, 5) is 2.75. The van der Waals surface area contributed by atoms with Crippen LogP contribution in [0.3, 0.4) is 0 Å². The van der Waals surface area contributed by atoms with E-state index in [1.54, 1.807) is 0 Å². The number of fused-ring (bicyclic) bond motifs is 18. The minimum Gasteiger partial charge on any atom is -0.455 e. The van der Waals surface area contributed by atoms with E-state index in [-0.39, 0.29) is 17.7 Å². The van der Waals surface area contributed by atoms with Crippen LogP contribution in [0.25, 0.3) is 91.5 Å². The predicted octanol–water partition coefficient (Wildman–Crippen LogP) is 14.1. The molecule has 286 valence electrons. The van der Waals surface area contributed by atoms with Crippen LogP contribution in [-0.4, -0.2) is 11.4 Å². The first-order valence-corrected chi connectivity index (χ1v) is 22.3. The fourth-order valence-electron chi connectivity index (χ4n) is 11.9. The molecular weight excluding hydrogens is 747 g/mol. The molecule has 8 aromatic carbocycles. The van der Waals surface area contributed by atoms with Gasteiger partial charge in [0, 0.05) is 75.3 Å². The number of benzene rings is 8. The molecule has 5 heterocycles. The lowest BCUT2D eigenvalue weighted by Gasteiger charge is -2.46. The Morgan fingerprint density at radius 3 is 2.13 bits per heavy atom. The number of nitrogens with zero attached hydrogens (tertiary/aromatic N) is 2. The number of rotatable bonds is 1. The summed E-state index contributed by atoms with van der Waals surface area (Å²) < 4.78 is 12.4. The Morgan fingerprint density at radius 1 is 0.567 bits per heavy atom. The third kappa shape index (κ3) is 4.03. The molecule has 11 aromatic rings. The van der Waals surface area contributed by atoms with E-state index in [9.17, 15) is 0 Å². The molecule has 0 amide bonds. The summed E-state index contributed by atoms with van der Waals surface area (Å²) in [6.07, 6.45) is 2.36. The van der Waals surface area contributed by atoms with Gasteiger partial charge in [-0.1, -0.05) is 125 Å². The van der Waals surface area contributed by atoms with Gasteiger partial charge in [-0.3, -0.25) is 0 Å². The molecule has 5 heteroatoms. The average Bonchev–Trinajstić information content (AvgIpc) is 3.94. The SMILES string of the molecule is Cc1cc2c(cc1N1B3c4c(cc5c(oc6ccccc65)c4-c4c1ccc1sc5ccccc5c41)-n1c4c3cccc4c3ccc4ccccc4c31)C(C)(C)CCC2(C)C. The molecule has 0 unspecified atom stereocenters. The third-order valence-corrected chi connectivity index (χ3v) is 16.1. The number of anilines is 2. The lowest BCUT2D eigenvalue weighted by atomic mass is 9.43. The quantitative estimate of drug-likeness (QED) is 0.155. The summed E-state index contributed by atoms with van der Waals surface area (Å²) in [5.41, 5.74) is 17.9. The zero-order valence-corrected chi connectivity index (χ0v) is 35.2. The second-order valence-corrected chi connectivity index (χ2v) is 20.2. The van der Waals surface area contributed by atoms with Gasteiger partial charge in [-0.2, -0.15) is 0 Å². The van der Waals surface area contributed by atoms with E-state index in [4.69, 9.17) is 4.42 Å². The number of aryl methyl sites for hydroxylation is 1. The minimum atomic E-state index is -0.106. The van der Waals surface area contributed by atoms with Crippen molar-refractivity contribution >= 4 is 115 Å². The molecular formula is C55H41BN2OS. The highest BCUT2D eigenvalue weighted by Gasteiger charge is 2.47. The van der Waals surface area contributed by atoms with E-state index < -0.39 is 0 Å². The number of thiophene rings is 1. The summed E-state index contributed by atoms with van der Waals surface area (Å²) in [6.45, 7) is 12.1. The van der Waals surface area contributed by atoms with Gasteiger partial charge >= 0.3 is 6.85 Å². The number of para-hydroxylation sites is 2. The number of hydrogen-bond donors (Lipinski definition) is 0. The Labute approximate surface area is 352 Å². The third-order valence-electron chi connectivity index (χ3n) is 14.9. The van der Waals surface area contributed by atoms with Crippen molar-refractivity contribution < 1.29 is 4.42 Å². The molecule has 3 aliphatic rings. The summed E-state index contributed by atoms with van der Waals surface area (Å²) in [7, 11) is 0. The van der Waals surface area contributed by atoms with Crippen molar-refractivity contribution in [3.8, 4) is 16.8 Å². The van der Waals surface area contributed by atoms with E-state index in [0.717, 1.165) is 21.9 Å². The molecule has 0 bridgehead atoms. The molecule has 0 N–H and O–H groups in total. The lowest BCUT2D eigenvalue weighted by molar-refractivity contribution is 0.332. The number of aromatic nitrogens is 1. The Morgan fingerprint density at radius 2 is 1.28 bits per heavy atom. The van der Waals surface area contributed by atoms with E-state index in [1.807, 2.05) is 11.3 Å². The van der Waals surface area contributed by atoms with Crippen molar-refractivity contribution in [2.75, 3.05) is 4.81 Å². The molecule has 3 nitrogen and oxygen atoms in total. The highest BCUT2D eigenvalue weighted by atomic mass is 32.1. The minimum absolute atomic E-state index is 0.0585. The molecule has 60 heavy (non-hydrogen) atoms. The second kappa shape index (κ2) is 11.1. The first-order chi connectivity index (χ1) is 29.2. The molecule has 0 fully saturated rings. The molecule has 0 saturated carbocycles. The maximum absolute atomic E-state index is 7.18. The van der Waals surface area contributed by atoms with Gasteiger partial charge in [0.05, 0.1) is 11.0 Å². The van der Waals surface area contributed by atoms with Crippen molar-refractivity contribution in [3.63, 3.8) is 0 Å². The van der Waals surface area contributed by atoms with Crippen LogP contribution in [-0.2, 0) is 10.8 Å². The maximum atomic E-state index is 7.18. The number of furan rings is 1. The fraction of sp³-hybridized carbons (Fsp3) is 0.164. The molecule has 3 aromatic heterocycles. The fourth-order valence-corrected chi connectivity index (χ4v) is 13.1. The molecule has 0 saturated heterocycles. The lowest BCUT2D eigenvalue weighted by Crippen LogP contribution is -2.60. The molecule has 0 atom stereocenters. The Bertz CT molecular complexity index is 3770. The molecule has 2 aliphatic heterocycles. The van der Waals surface area contributed by atoms with Crippen molar-refractivity contribution in [2.45, 2.75) is 58.3 Å². The zero-order valence-electron chi connectivity index (χ0n) is 34.4. The summed E-state index contributed by atoms with van der Waals surface area (Å²) >= 11 is 1.90. The van der Waals surface area contributed by atoms with Gasteiger partial charge in [-0.25, -0.2) is 0 Å². The molecule has 0 radical (unpaired) electrons. The van der Waals surface area contributed by atoms with Crippen LogP contribution in [0.5, 0.6) is 0 Å². The monoisotopic (exact) mass is 788 g/mol. The first-order valence-electron chi connectivity index (χ1n) is 21.5. The van der Waals surface area contributed by atoms with Crippen LogP contribution in [0.2, 0.25) is 0 Å². The van der Waals surface area contributed by atoms with E-state index in [0.29, 0.717) is 0 Å². The first kappa shape index (κ1) is 33.5. The highest BCUT2D eigenvalue weighted by molar-refractivity contribution is 7.26. The van der Waals surface area contributed by atoms with Crippen LogP contribution in [0.15, 0.2) is 138 Å². The van der Waals surface area contributed by atoms with Crippen LogP contribution in [0, 0.1) is 6.92 Å². The predicted molar refractivity (Wildman–Crippen MR) is 258 cm³/mol. The largest absolute Gasteiger partial charge is 0.455 e. The van der Waals surface area contributed by atoms with Crippen molar-refractivity contribution in [1.82, 2.24) is 4.57 Å². The smallest absolute Gasteiger partial charge is 0.333 e. The average molecular weight is 789 g/mol. The molecule has 0 spiro atoms. The van der Waals surface area contributed by atoms with E-state index in [2.05, 4.69) is 177 Å². The van der Waals surface area contributed by atoms with Crippen LogP contribution in [0.1, 0.15) is 57.2 Å². The van der Waals surface area contributed by atoms with Gasteiger partial charge in [0.15, 0.2) is 0 Å². The van der Waals surface area contributed by atoms with Gasteiger partial charge in [-0.15, -0.1) is 11.3 Å². The Hall–Kier alpha value is -6.30. The van der Waals surface area contributed by atoms with Crippen molar-refractivity contribution in [3.05, 3.63) is 150 Å². The Balaban J connectivity index is 1.24. The zero-order chi connectivity index (χ0) is 40.0. The van der Waals surface area contributed by atoms with Gasteiger partial charge in [0.2, 0.25) is 0 Å². The maximum Gasteiger partial charge on any atom is 0.333 e. The topological polar surface area (TPSA) is 21.3 Å². The van der Waals surface area contributed by atoms with Gasteiger partial charge in [0.1, 0.15) is 11.2 Å². The summed E-state index contributed by atoms with van der Waals surface area (Å²) in [6, 6.07) is 50.7. The Kier molecular flexibility index (Phi) is 6.20. The molecule has 14 rings (SSSR count). The van der Waals surface area contributed by atoms with Crippen molar-refractivity contribution in [2.24, 2.45) is 0 Å². The normalized spacial score (nSPS) is 16.1. The second-order valence-electron chi connectivity index (χ2n) is 19.1. The summed E-state index contributed by atoms with van der Waals surface area (Å²) in [5.74, 6) is 0. The van der Waals surface area contributed by atoms with Crippen LogP contribution in [0.4, 0.5) is 11.4 Å². The summed E-state index contributed by atoms with van der Waals surface area (Å²) in [5, 5.41) is 10.1. The highest BCUT2D eigenvalue weighted by Crippen LogP contribution is 2.55. The van der Waals surface area contributed by atoms with Crippen molar-refractivity contribution in [1.29, 1.82) is 0 Å². The van der Waals surface area contributed by atoms with Gasteiger partial charge in [0.25, 0.3) is 0 Å². The van der Waals surface area contributed by atoms with Crippen LogP contribution >= 0.6 is 11.3 Å².